The molecule has 0 aliphatic rings. The average Bonchev–Trinajstić information content (AvgIpc) is 2.33. The molecule has 0 amide bonds. The third-order valence-corrected chi connectivity index (χ3v) is 2.42. The van der Waals surface area contributed by atoms with Crippen LogP contribution in [0, 0.1) is 5.92 Å². The minimum atomic E-state index is 0.538. The number of rotatable bonds is 6. The van der Waals surface area contributed by atoms with Crippen molar-refractivity contribution in [3.8, 4) is 0 Å². The Kier molecular flexibility index (Phi) is 5.94. The number of benzene rings is 1. The molecule has 1 atom stereocenters. The monoisotopic (exact) mass is 214 g/mol. The van der Waals surface area contributed by atoms with Crippen LogP contribution in [0.15, 0.2) is 48.6 Å². The highest BCUT2D eigenvalue weighted by molar-refractivity contribution is 5.64. The van der Waals surface area contributed by atoms with Crippen molar-refractivity contribution in [1.29, 1.82) is 0 Å². The lowest BCUT2D eigenvalue weighted by Gasteiger charge is -2.02. The van der Waals surface area contributed by atoms with Crippen LogP contribution in [-0.4, -0.2) is 6.29 Å². The molecule has 0 saturated heterocycles. The normalized spacial score (nSPS) is 13.3. The number of carbonyl (C=O) groups is 1. The molecule has 0 spiro atoms. The maximum absolute atomic E-state index is 10.1. The first-order valence-electron chi connectivity index (χ1n) is 5.66. The summed E-state index contributed by atoms with van der Waals surface area (Å²) in [6, 6.07) is 10.3. The van der Waals surface area contributed by atoms with Gasteiger partial charge in [0.25, 0.3) is 0 Å². The SMILES string of the molecule is CC(/C=C/c1ccccc1)CC/C=C/C=O. The second-order valence-corrected chi connectivity index (χ2v) is 3.89. The quantitative estimate of drug-likeness (QED) is 0.519. The molecule has 1 unspecified atom stereocenters. The molecule has 0 aliphatic carbocycles. The van der Waals surface area contributed by atoms with E-state index in [0.717, 1.165) is 19.1 Å². The van der Waals surface area contributed by atoms with Crippen molar-refractivity contribution in [2.24, 2.45) is 5.92 Å². The fourth-order valence-electron chi connectivity index (χ4n) is 1.45. The summed E-state index contributed by atoms with van der Waals surface area (Å²) in [5.41, 5.74) is 1.23. The largest absolute Gasteiger partial charge is 0.299 e. The number of aldehydes is 1. The van der Waals surface area contributed by atoms with E-state index in [2.05, 4.69) is 31.2 Å². The standard InChI is InChI=1S/C15H18O/c1-14(8-4-3-7-13-16)11-12-15-9-5-2-6-10-15/h2-3,5-7,9-14H,4,8H2,1H3/b7-3+,12-11+. The molecule has 1 nitrogen and oxygen atoms in total. The van der Waals surface area contributed by atoms with Gasteiger partial charge in [-0.2, -0.15) is 0 Å². The molecule has 84 valence electrons. The Morgan fingerprint density at radius 2 is 2.00 bits per heavy atom. The Balaban J connectivity index is 2.33. The van der Waals surface area contributed by atoms with E-state index in [9.17, 15) is 4.79 Å². The summed E-state index contributed by atoms with van der Waals surface area (Å²) in [6.45, 7) is 2.19. The Bertz CT molecular complexity index is 349. The van der Waals surface area contributed by atoms with Gasteiger partial charge >= 0.3 is 0 Å². The van der Waals surface area contributed by atoms with Gasteiger partial charge in [-0.3, -0.25) is 4.79 Å². The van der Waals surface area contributed by atoms with E-state index in [-0.39, 0.29) is 0 Å². The van der Waals surface area contributed by atoms with Gasteiger partial charge in [-0.05, 0) is 30.4 Å². The van der Waals surface area contributed by atoms with E-state index in [1.54, 1.807) is 6.08 Å². The van der Waals surface area contributed by atoms with Crippen LogP contribution in [0.2, 0.25) is 0 Å². The summed E-state index contributed by atoms with van der Waals surface area (Å²) in [5.74, 6) is 0.538. The molecule has 0 heterocycles. The molecule has 0 radical (unpaired) electrons. The van der Waals surface area contributed by atoms with Gasteiger partial charge < -0.3 is 0 Å². The highest BCUT2D eigenvalue weighted by Crippen LogP contribution is 2.10. The lowest BCUT2D eigenvalue weighted by molar-refractivity contribution is -0.104. The zero-order valence-electron chi connectivity index (χ0n) is 9.67. The van der Waals surface area contributed by atoms with Gasteiger partial charge in [0.1, 0.15) is 6.29 Å². The zero-order chi connectivity index (χ0) is 11.6. The fourth-order valence-corrected chi connectivity index (χ4v) is 1.45. The third kappa shape index (κ3) is 5.30. The predicted octanol–water partition coefficient (Wildman–Crippen LogP) is 3.87. The molecule has 1 rings (SSSR count). The van der Waals surface area contributed by atoms with E-state index >= 15 is 0 Å². The minimum Gasteiger partial charge on any atom is -0.299 e. The molecule has 0 aliphatic heterocycles. The van der Waals surface area contributed by atoms with Crippen LogP contribution in [-0.2, 0) is 4.79 Å². The van der Waals surface area contributed by atoms with Gasteiger partial charge in [-0.15, -0.1) is 0 Å². The van der Waals surface area contributed by atoms with E-state index in [4.69, 9.17) is 0 Å². The van der Waals surface area contributed by atoms with Crippen LogP contribution in [0.5, 0.6) is 0 Å². The minimum absolute atomic E-state index is 0.538. The summed E-state index contributed by atoms with van der Waals surface area (Å²) < 4.78 is 0. The fraction of sp³-hybridized carbons (Fsp3) is 0.267. The predicted molar refractivity (Wildman–Crippen MR) is 69.1 cm³/mol. The second kappa shape index (κ2) is 7.63. The maximum atomic E-state index is 10.1. The highest BCUT2D eigenvalue weighted by Gasteiger charge is 1.94. The number of hydrogen-bond acceptors (Lipinski definition) is 1. The number of carbonyl (C=O) groups excluding carboxylic acids is 1. The van der Waals surface area contributed by atoms with Crippen LogP contribution in [0.1, 0.15) is 25.3 Å². The van der Waals surface area contributed by atoms with Gasteiger partial charge in [0.15, 0.2) is 0 Å². The summed E-state index contributed by atoms with van der Waals surface area (Å²) in [5, 5.41) is 0. The van der Waals surface area contributed by atoms with E-state index in [1.165, 1.54) is 5.56 Å². The van der Waals surface area contributed by atoms with E-state index in [0.29, 0.717) is 5.92 Å². The van der Waals surface area contributed by atoms with Crippen molar-refractivity contribution in [3.63, 3.8) is 0 Å². The van der Waals surface area contributed by atoms with Crippen molar-refractivity contribution in [2.75, 3.05) is 0 Å². The summed E-state index contributed by atoms with van der Waals surface area (Å²) >= 11 is 0. The van der Waals surface area contributed by atoms with Gasteiger partial charge in [0.2, 0.25) is 0 Å². The van der Waals surface area contributed by atoms with Crippen LogP contribution >= 0.6 is 0 Å². The summed E-state index contributed by atoms with van der Waals surface area (Å²) in [6.07, 6.45) is 10.7. The molecular formula is C15H18O. The molecule has 0 N–H and O–H groups in total. The smallest absolute Gasteiger partial charge is 0.142 e. The van der Waals surface area contributed by atoms with E-state index in [1.807, 2.05) is 24.3 Å². The lowest BCUT2D eigenvalue weighted by Crippen LogP contribution is -1.87. The molecule has 0 saturated carbocycles. The zero-order valence-corrected chi connectivity index (χ0v) is 9.67. The first-order chi connectivity index (χ1) is 7.83. The van der Waals surface area contributed by atoms with Gasteiger partial charge in [0.05, 0.1) is 0 Å². The highest BCUT2D eigenvalue weighted by atomic mass is 16.1. The molecule has 1 aromatic rings. The van der Waals surface area contributed by atoms with Crippen molar-refractivity contribution in [1.82, 2.24) is 0 Å². The Morgan fingerprint density at radius 3 is 2.69 bits per heavy atom. The molecule has 0 bridgehead atoms. The van der Waals surface area contributed by atoms with Crippen LogP contribution in [0.3, 0.4) is 0 Å². The maximum Gasteiger partial charge on any atom is 0.142 e. The first kappa shape index (κ1) is 12.4. The molecule has 1 heteroatoms. The number of allylic oxidation sites excluding steroid dienone is 3. The molecule has 0 fully saturated rings. The van der Waals surface area contributed by atoms with Gasteiger partial charge in [-0.25, -0.2) is 0 Å². The van der Waals surface area contributed by atoms with Crippen molar-refractivity contribution in [2.45, 2.75) is 19.8 Å². The molecule has 1 aromatic carbocycles. The van der Waals surface area contributed by atoms with Gasteiger partial charge in [0, 0.05) is 0 Å². The Labute approximate surface area is 97.5 Å². The second-order valence-electron chi connectivity index (χ2n) is 3.89. The van der Waals surface area contributed by atoms with Crippen molar-refractivity contribution >= 4 is 12.4 Å². The molecule has 16 heavy (non-hydrogen) atoms. The number of hydrogen-bond donors (Lipinski definition) is 0. The first-order valence-corrected chi connectivity index (χ1v) is 5.66. The lowest BCUT2D eigenvalue weighted by atomic mass is 10.0. The van der Waals surface area contributed by atoms with E-state index < -0.39 is 0 Å². The average molecular weight is 214 g/mol. The van der Waals surface area contributed by atoms with Crippen molar-refractivity contribution < 1.29 is 4.79 Å². The Morgan fingerprint density at radius 1 is 1.25 bits per heavy atom. The van der Waals surface area contributed by atoms with Crippen LogP contribution in [0.25, 0.3) is 6.08 Å². The Hall–Kier alpha value is -1.63. The van der Waals surface area contributed by atoms with Crippen LogP contribution < -0.4 is 0 Å². The summed E-state index contributed by atoms with van der Waals surface area (Å²) in [7, 11) is 0. The topological polar surface area (TPSA) is 17.1 Å². The molecule has 0 aromatic heterocycles. The molecular weight excluding hydrogens is 196 g/mol. The summed E-state index contributed by atoms with van der Waals surface area (Å²) in [4.78, 5) is 10.1. The third-order valence-electron chi connectivity index (χ3n) is 2.42. The van der Waals surface area contributed by atoms with Gasteiger partial charge in [-0.1, -0.05) is 55.5 Å². The van der Waals surface area contributed by atoms with Crippen molar-refractivity contribution in [3.05, 3.63) is 54.1 Å². The van der Waals surface area contributed by atoms with Crippen LogP contribution in [0.4, 0.5) is 0 Å².